The zero-order valence-corrected chi connectivity index (χ0v) is 45.1. The van der Waals surface area contributed by atoms with Gasteiger partial charge in [-0.3, -0.25) is 14.4 Å². The van der Waals surface area contributed by atoms with Crippen molar-refractivity contribution in [1.29, 1.82) is 0 Å². The maximum Gasteiger partial charge on any atom is 0.306 e. The summed E-state index contributed by atoms with van der Waals surface area (Å²) in [5.74, 6) is -0.916. The largest absolute Gasteiger partial charge is 0.462 e. The molecule has 0 aliphatic carbocycles. The van der Waals surface area contributed by atoms with Crippen molar-refractivity contribution in [2.45, 2.75) is 303 Å². The van der Waals surface area contributed by atoms with Gasteiger partial charge in [0.25, 0.3) is 0 Å². The third kappa shape index (κ3) is 54.1. The van der Waals surface area contributed by atoms with Gasteiger partial charge < -0.3 is 14.2 Å². The normalized spacial score (nSPS) is 12.5. The fourth-order valence-electron chi connectivity index (χ4n) is 8.39. The highest BCUT2D eigenvalue weighted by atomic mass is 16.6. The van der Waals surface area contributed by atoms with Crippen LogP contribution in [0, 0.1) is 0 Å². The van der Waals surface area contributed by atoms with Gasteiger partial charge in [0.05, 0.1) is 0 Å². The van der Waals surface area contributed by atoms with Crippen molar-refractivity contribution in [1.82, 2.24) is 0 Å². The molecule has 1 unspecified atom stereocenters. The smallest absolute Gasteiger partial charge is 0.306 e. The quantitative estimate of drug-likeness (QED) is 0.0199. The van der Waals surface area contributed by atoms with E-state index in [9.17, 15) is 14.4 Å². The average Bonchev–Trinajstić information content (AvgIpc) is 3.34. The van der Waals surface area contributed by atoms with E-state index in [4.69, 9.17) is 14.2 Å². The number of hydrogen-bond donors (Lipinski definition) is 0. The van der Waals surface area contributed by atoms with Gasteiger partial charge in [-0.15, -0.1) is 0 Å². The molecule has 0 saturated heterocycles. The second-order valence-electron chi connectivity index (χ2n) is 19.6. The Bertz CT molecular complexity index is 1230. The second-order valence-corrected chi connectivity index (χ2v) is 19.6. The van der Waals surface area contributed by atoms with Crippen molar-refractivity contribution >= 4 is 17.9 Å². The van der Waals surface area contributed by atoms with E-state index in [-0.39, 0.29) is 31.1 Å². The molecule has 0 aromatic carbocycles. The highest BCUT2D eigenvalue weighted by molar-refractivity contribution is 5.71. The number of carbonyl (C=O) groups is 3. The summed E-state index contributed by atoms with van der Waals surface area (Å²) in [4.78, 5) is 38.1. The molecule has 0 aromatic heterocycles. The monoisotopic (exact) mass is 951 g/mol. The van der Waals surface area contributed by atoms with Crippen LogP contribution in [0.1, 0.15) is 297 Å². The van der Waals surface area contributed by atoms with Gasteiger partial charge in [-0.05, 0) is 77.0 Å². The van der Waals surface area contributed by atoms with Gasteiger partial charge in [-0.2, -0.15) is 0 Å². The molecule has 0 aliphatic heterocycles. The Labute approximate surface area is 421 Å². The Morgan fingerprint density at radius 3 is 1.04 bits per heavy atom. The van der Waals surface area contributed by atoms with Gasteiger partial charge in [0.2, 0.25) is 0 Å². The van der Waals surface area contributed by atoms with Crippen molar-refractivity contribution in [3.63, 3.8) is 0 Å². The molecule has 0 N–H and O–H groups in total. The minimum Gasteiger partial charge on any atom is -0.462 e. The molecule has 0 bridgehead atoms. The molecule has 0 fully saturated rings. The molecule has 0 radical (unpaired) electrons. The van der Waals surface area contributed by atoms with E-state index in [0.717, 1.165) is 77.0 Å². The first-order chi connectivity index (χ1) is 33.5. The van der Waals surface area contributed by atoms with E-state index < -0.39 is 6.10 Å². The first kappa shape index (κ1) is 65.1. The van der Waals surface area contributed by atoms with Crippen molar-refractivity contribution in [3.05, 3.63) is 60.8 Å². The molecule has 6 heteroatoms. The number of esters is 3. The molecule has 0 heterocycles. The Morgan fingerprint density at radius 1 is 0.324 bits per heavy atom. The van der Waals surface area contributed by atoms with Crippen LogP contribution < -0.4 is 0 Å². The molecule has 68 heavy (non-hydrogen) atoms. The summed E-state index contributed by atoms with van der Waals surface area (Å²) in [5, 5.41) is 0. The van der Waals surface area contributed by atoms with Crippen molar-refractivity contribution in [3.8, 4) is 0 Å². The van der Waals surface area contributed by atoms with Gasteiger partial charge in [0.1, 0.15) is 13.2 Å². The summed E-state index contributed by atoms with van der Waals surface area (Å²) in [6.07, 6.45) is 70.8. The van der Waals surface area contributed by atoms with E-state index in [1.165, 1.54) is 180 Å². The predicted octanol–water partition coefficient (Wildman–Crippen LogP) is 19.6. The summed E-state index contributed by atoms with van der Waals surface area (Å²) < 4.78 is 16.8. The van der Waals surface area contributed by atoms with Gasteiger partial charge in [0, 0.05) is 19.3 Å². The number of rotatable bonds is 53. The highest BCUT2D eigenvalue weighted by Gasteiger charge is 2.19. The number of allylic oxidation sites excluding steroid dienone is 10. The molecule has 6 nitrogen and oxygen atoms in total. The van der Waals surface area contributed by atoms with Gasteiger partial charge >= 0.3 is 17.9 Å². The van der Waals surface area contributed by atoms with Crippen LogP contribution in [0.4, 0.5) is 0 Å². The molecular weight excluding hydrogens is 841 g/mol. The topological polar surface area (TPSA) is 78.9 Å². The first-order valence-electron chi connectivity index (χ1n) is 29.3. The van der Waals surface area contributed by atoms with Crippen LogP contribution in [-0.4, -0.2) is 37.2 Å². The number of unbranched alkanes of at least 4 members (excludes halogenated alkanes) is 33. The average molecular weight is 952 g/mol. The molecule has 394 valence electrons. The van der Waals surface area contributed by atoms with E-state index >= 15 is 0 Å². The van der Waals surface area contributed by atoms with Crippen LogP contribution in [0.25, 0.3) is 0 Å². The molecule has 0 aliphatic rings. The summed E-state index contributed by atoms with van der Waals surface area (Å²) in [6, 6.07) is 0. The van der Waals surface area contributed by atoms with Crippen molar-refractivity contribution in [2.24, 2.45) is 0 Å². The number of hydrogen-bond acceptors (Lipinski definition) is 6. The van der Waals surface area contributed by atoms with Gasteiger partial charge in [-0.25, -0.2) is 0 Å². The lowest BCUT2D eigenvalue weighted by Gasteiger charge is -2.18. The standard InChI is InChI=1S/C62H110O6/c1-4-7-10-13-16-19-22-25-27-29-31-33-35-37-40-43-46-49-52-55-61(64)67-58-59(57-66-60(63)54-51-48-45-42-39-24-21-18-15-12-9-6-3)68-62(65)56-53-50-47-44-41-38-36-34-32-30-28-26-23-20-17-14-11-8-5-2/h9,12,16,18-19,21-22,25,39,42,59H,4-8,10-11,13-15,17,20,23-24,26-38,40-41,43-58H2,1-3H3/b12-9-,19-16-,21-18-,25-22-,42-39-. The fraction of sp³-hybridized carbons (Fsp3) is 0.790. The van der Waals surface area contributed by atoms with Crippen LogP contribution in [0.15, 0.2) is 60.8 Å². The van der Waals surface area contributed by atoms with Crippen LogP contribution in [0.5, 0.6) is 0 Å². The van der Waals surface area contributed by atoms with Crippen LogP contribution in [-0.2, 0) is 28.6 Å². The van der Waals surface area contributed by atoms with Crippen LogP contribution in [0.2, 0.25) is 0 Å². The third-order valence-corrected chi connectivity index (χ3v) is 12.8. The number of ether oxygens (including phenoxy) is 3. The molecule has 0 spiro atoms. The molecule has 0 aromatic rings. The third-order valence-electron chi connectivity index (χ3n) is 12.8. The Balaban J connectivity index is 4.34. The lowest BCUT2D eigenvalue weighted by atomic mass is 10.0. The summed E-state index contributed by atoms with van der Waals surface area (Å²) in [7, 11) is 0. The van der Waals surface area contributed by atoms with Gasteiger partial charge in [-0.1, -0.05) is 261 Å². The minimum absolute atomic E-state index is 0.0857. The van der Waals surface area contributed by atoms with E-state index in [2.05, 4.69) is 81.5 Å². The Hall–Kier alpha value is -2.89. The SMILES string of the molecule is CC/C=C\C/C=C\C/C=C\CCCCC(=O)OCC(COC(=O)CCCCCCCCCCCC/C=C\C=C/CCCCC)OC(=O)CCCCCCCCCCCCCCCCCCCCC. The van der Waals surface area contributed by atoms with Crippen molar-refractivity contribution < 1.29 is 28.6 Å². The predicted molar refractivity (Wildman–Crippen MR) is 293 cm³/mol. The zero-order chi connectivity index (χ0) is 49.3. The second kappa shape index (κ2) is 56.7. The summed E-state index contributed by atoms with van der Waals surface area (Å²) >= 11 is 0. The molecule has 0 amide bonds. The highest BCUT2D eigenvalue weighted by Crippen LogP contribution is 2.17. The molecule has 1 atom stereocenters. The van der Waals surface area contributed by atoms with E-state index in [0.29, 0.717) is 19.3 Å². The van der Waals surface area contributed by atoms with Crippen LogP contribution in [0.3, 0.4) is 0 Å². The Kier molecular flexibility index (Phi) is 54.3. The lowest BCUT2D eigenvalue weighted by Crippen LogP contribution is -2.30. The first-order valence-corrected chi connectivity index (χ1v) is 29.3. The maximum absolute atomic E-state index is 12.9. The summed E-state index contributed by atoms with van der Waals surface area (Å²) in [5.41, 5.74) is 0. The minimum atomic E-state index is -0.789. The summed E-state index contributed by atoms with van der Waals surface area (Å²) in [6.45, 7) is 6.49. The zero-order valence-electron chi connectivity index (χ0n) is 45.1. The molecular formula is C62H110O6. The molecule has 0 rings (SSSR count). The Morgan fingerprint density at radius 2 is 0.618 bits per heavy atom. The maximum atomic E-state index is 12.9. The van der Waals surface area contributed by atoms with Gasteiger partial charge in [0.15, 0.2) is 6.10 Å². The number of carbonyl (C=O) groups excluding carboxylic acids is 3. The lowest BCUT2D eigenvalue weighted by molar-refractivity contribution is -0.167. The fourth-order valence-corrected chi connectivity index (χ4v) is 8.39. The van der Waals surface area contributed by atoms with E-state index in [1.807, 2.05) is 0 Å². The van der Waals surface area contributed by atoms with Crippen LogP contribution >= 0.6 is 0 Å². The molecule has 0 saturated carbocycles. The van der Waals surface area contributed by atoms with Crippen molar-refractivity contribution in [2.75, 3.05) is 13.2 Å². The van der Waals surface area contributed by atoms with E-state index in [1.54, 1.807) is 0 Å².